The van der Waals surface area contributed by atoms with Crippen LogP contribution in [0.2, 0.25) is 0 Å². The van der Waals surface area contributed by atoms with Crippen LogP contribution < -0.4 is 4.74 Å². The van der Waals surface area contributed by atoms with E-state index in [1.54, 1.807) is 25.1 Å². The van der Waals surface area contributed by atoms with Crippen LogP contribution >= 0.6 is 0 Å². The molecule has 4 nitrogen and oxygen atoms in total. The van der Waals surface area contributed by atoms with Crippen LogP contribution in [-0.2, 0) is 11.3 Å². The Hall–Kier alpha value is -3.60. The average molecular weight is 390 g/mol. The van der Waals surface area contributed by atoms with E-state index in [0.717, 1.165) is 5.39 Å². The van der Waals surface area contributed by atoms with Crippen LogP contribution in [0.5, 0.6) is 5.75 Å². The van der Waals surface area contributed by atoms with Crippen LogP contribution in [0.1, 0.15) is 34.7 Å². The van der Waals surface area contributed by atoms with Gasteiger partial charge in [0.05, 0.1) is 5.56 Å². The van der Waals surface area contributed by atoms with Crippen molar-refractivity contribution in [3.8, 4) is 5.75 Å². The SMILES string of the molecule is C[C@@H](OC(=O)c1oc2ccccc2c1COc1ccccc1)c1ccc(F)cc1. The Morgan fingerprint density at radius 1 is 0.966 bits per heavy atom. The fourth-order valence-corrected chi connectivity index (χ4v) is 3.10. The summed E-state index contributed by atoms with van der Waals surface area (Å²) in [6, 6.07) is 22.6. The first-order valence-electron chi connectivity index (χ1n) is 9.26. The zero-order chi connectivity index (χ0) is 20.2. The number of halogens is 1. The van der Waals surface area contributed by atoms with Gasteiger partial charge in [-0.05, 0) is 42.8 Å². The lowest BCUT2D eigenvalue weighted by Crippen LogP contribution is -2.11. The van der Waals surface area contributed by atoms with Crippen molar-refractivity contribution < 1.29 is 23.1 Å². The highest BCUT2D eigenvalue weighted by molar-refractivity contribution is 5.96. The maximum Gasteiger partial charge on any atom is 0.375 e. The number of hydrogen-bond acceptors (Lipinski definition) is 4. The van der Waals surface area contributed by atoms with Gasteiger partial charge in [0.25, 0.3) is 0 Å². The first kappa shape index (κ1) is 18.7. The summed E-state index contributed by atoms with van der Waals surface area (Å²) in [6.07, 6.45) is -0.556. The van der Waals surface area contributed by atoms with Gasteiger partial charge < -0.3 is 13.9 Å². The molecule has 4 rings (SSSR count). The molecule has 0 fully saturated rings. The zero-order valence-electron chi connectivity index (χ0n) is 15.8. The largest absolute Gasteiger partial charge is 0.489 e. The molecular weight excluding hydrogens is 371 g/mol. The van der Waals surface area contributed by atoms with Crippen molar-refractivity contribution in [3.63, 3.8) is 0 Å². The van der Waals surface area contributed by atoms with Crippen molar-refractivity contribution in [2.75, 3.05) is 0 Å². The first-order chi connectivity index (χ1) is 14.1. The predicted octanol–water partition coefficient (Wildman–Crippen LogP) is 6.07. The molecule has 0 amide bonds. The molecule has 1 aromatic heterocycles. The minimum absolute atomic E-state index is 0.107. The smallest absolute Gasteiger partial charge is 0.375 e. The fourth-order valence-electron chi connectivity index (χ4n) is 3.10. The van der Waals surface area contributed by atoms with Crippen LogP contribution in [-0.4, -0.2) is 5.97 Å². The van der Waals surface area contributed by atoms with E-state index in [1.165, 1.54) is 12.1 Å². The van der Waals surface area contributed by atoms with E-state index >= 15 is 0 Å². The molecule has 4 aromatic rings. The zero-order valence-corrected chi connectivity index (χ0v) is 15.8. The van der Waals surface area contributed by atoms with Gasteiger partial charge in [-0.1, -0.05) is 48.5 Å². The number of para-hydroxylation sites is 2. The number of esters is 1. The van der Waals surface area contributed by atoms with E-state index in [4.69, 9.17) is 13.9 Å². The van der Waals surface area contributed by atoms with Crippen molar-refractivity contribution in [2.45, 2.75) is 19.6 Å². The molecule has 0 aliphatic carbocycles. The van der Waals surface area contributed by atoms with Crippen LogP contribution in [0.25, 0.3) is 11.0 Å². The molecule has 0 bridgehead atoms. The van der Waals surface area contributed by atoms with Gasteiger partial charge in [0.2, 0.25) is 5.76 Å². The van der Waals surface area contributed by atoms with Crippen LogP contribution in [0.4, 0.5) is 4.39 Å². The van der Waals surface area contributed by atoms with E-state index in [9.17, 15) is 9.18 Å². The maximum absolute atomic E-state index is 13.1. The van der Waals surface area contributed by atoms with Gasteiger partial charge in [0.15, 0.2) is 0 Å². The molecule has 29 heavy (non-hydrogen) atoms. The summed E-state index contributed by atoms with van der Waals surface area (Å²) < 4.78 is 30.3. The molecule has 0 aliphatic heterocycles. The van der Waals surface area contributed by atoms with Crippen molar-refractivity contribution >= 4 is 16.9 Å². The fraction of sp³-hybridized carbons (Fsp3) is 0.125. The molecule has 1 heterocycles. The molecule has 146 valence electrons. The van der Waals surface area contributed by atoms with Crippen molar-refractivity contribution in [2.24, 2.45) is 0 Å². The van der Waals surface area contributed by atoms with Crippen molar-refractivity contribution in [1.82, 2.24) is 0 Å². The van der Waals surface area contributed by atoms with Crippen LogP contribution in [0.3, 0.4) is 0 Å². The van der Waals surface area contributed by atoms with E-state index < -0.39 is 12.1 Å². The van der Waals surface area contributed by atoms with Gasteiger partial charge >= 0.3 is 5.97 Å². The average Bonchev–Trinajstić information content (AvgIpc) is 3.12. The Morgan fingerprint density at radius 2 is 1.66 bits per heavy atom. The number of ether oxygens (including phenoxy) is 2. The third-order valence-electron chi connectivity index (χ3n) is 4.63. The summed E-state index contributed by atoms with van der Waals surface area (Å²) in [6.45, 7) is 1.89. The van der Waals surface area contributed by atoms with E-state index in [0.29, 0.717) is 22.5 Å². The molecule has 3 aromatic carbocycles. The molecule has 5 heteroatoms. The topological polar surface area (TPSA) is 48.7 Å². The van der Waals surface area contributed by atoms with Gasteiger partial charge in [-0.3, -0.25) is 0 Å². The maximum atomic E-state index is 13.1. The second-order valence-electron chi connectivity index (χ2n) is 6.61. The Labute approximate surface area is 167 Å². The van der Waals surface area contributed by atoms with E-state index in [-0.39, 0.29) is 18.2 Å². The minimum Gasteiger partial charge on any atom is -0.489 e. The molecule has 0 N–H and O–H groups in total. The Bertz CT molecular complexity index is 1120. The molecule has 0 aliphatic rings. The molecule has 0 saturated carbocycles. The number of rotatable bonds is 6. The van der Waals surface area contributed by atoms with Crippen molar-refractivity contribution in [1.29, 1.82) is 0 Å². The summed E-state index contributed by atoms with van der Waals surface area (Å²) in [7, 11) is 0. The number of hydrogen-bond donors (Lipinski definition) is 0. The second-order valence-corrected chi connectivity index (χ2v) is 6.61. The lowest BCUT2D eigenvalue weighted by atomic mass is 10.1. The van der Waals surface area contributed by atoms with Gasteiger partial charge in [0.1, 0.15) is 29.9 Å². The molecule has 0 saturated heterocycles. The van der Waals surface area contributed by atoms with Crippen LogP contribution in [0.15, 0.2) is 83.3 Å². The highest BCUT2D eigenvalue weighted by atomic mass is 19.1. The Kier molecular flexibility index (Phi) is 5.29. The third-order valence-corrected chi connectivity index (χ3v) is 4.63. The highest BCUT2D eigenvalue weighted by Gasteiger charge is 2.24. The summed E-state index contributed by atoms with van der Waals surface area (Å²) in [5.41, 5.74) is 1.90. The van der Waals surface area contributed by atoms with Crippen LogP contribution in [0, 0.1) is 5.82 Å². The summed E-state index contributed by atoms with van der Waals surface area (Å²) in [5.74, 6) is -0.137. The highest BCUT2D eigenvalue weighted by Crippen LogP contribution is 2.29. The van der Waals surface area contributed by atoms with Gasteiger partial charge in [0, 0.05) is 5.39 Å². The first-order valence-corrected chi connectivity index (χ1v) is 9.26. The number of fused-ring (bicyclic) bond motifs is 1. The lowest BCUT2D eigenvalue weighted by molar-refractivity contribution is 0.0300. The molecule has 0 unspecified atom stereocenters. The second kappa shape index (κ2) is 8.19. The lowest BCUT2D eigenvalue weighted by Gasteiger charge is -2.13. The summed E-state index contributed by atoms with van der Waals surface area (Å²) >= 11 is 0. The molecule has 0 radical (unpaired) electrons. The third kappa shape index (κ3) is 4.14. The Morgan fingerprint density at radius 3 is 2.41 bits per heavy atom. The van der Waals surface area contributed by atoms with E-state index in [2.05, 4.69) is 0 Å². The molecule has 0 spiro atoms. The van der Waals surface area contributed by atoms with Gasteiger partial charge in [-0.2, -0.15) is 0 Å². The standard InChI is InChI=1S/C24H19FO4/c1-16(17-11-13-18(25)14-12-17)28-24(26)23-21(15-27-19-7-3-2-4-8-19)20-9-5-6-10-22(20)29-23/h2-14,16H,15H2,1H3/t16-/m1/s1. The van der Waals surface area contributed by atoms with Gasteiger partial charge in [-0.15, -0.1) is 0 Å². The molecule has 1 atom stereocenters. The quantitative estimate of drug-likeness (QED) is 0.375. The van der Waals surface area contributed by atoms with Gasteiger partial charge in [-0.25, -0.2) is 9.18 Å². The number of carbonyl (C=O) groups excluding carboxylic acids is 1. The normalized spacial score (nSPS) is 11.9. The number of benzene rings is 3. The minimum atomic E-state index is -0.593. The predicted molar refractivity (Wildman–Crippen MR) is 107 cm³/mol. The van der Waals surface area contributed by atoms with E-state index in [1.807, 2.05) is 48.5 Å². The monoisotopic (exact) mass is 390 g/mol. The summed E-state index contributed by atoms with van der Waals surface area (Å²) in [4.78, 5) is 12.9. The molecular formula is C24H19FO4. The number of furan rings is 1. The summed E-state index contributed by atoms with van der Waals surface area (Å²) in [5, 5.41) is 0.796. The Balaban J connectivity index is 1.60. The number of carbonyl (C=O) groups is 1. The van der Waals surface area contributed by atoms with Crippen molar-refractivity contribution in [3.05, 3.63) is 102 Å².